The molecule has 3 aromatic rings. The Hall–Kier alpha value is -4.06. The second-order valence-electron chi connectivity index (χ2n) is 7.47. The zero-order chi connectivity index (χ0) is 22.2. The molecule has 0 atom stereocenters. The molecule has 2 amide bonds. The van der Waals surface area contributed by atoms with Gasteiger partial charge in [0.05, 0.1) is 5.56 Å². The van der Waals surface area contributed by atoms with Crippen molar-refractivity contribution in [3.05, 3.63) is 102 Å². The number of nitrogens with zero attached hydrogens (tertiary/aromatic N) is 3. The Bertz CT molecular complexity index is 1120. The van der Waals surface area contributed by atoms with E-state index in [9.17, 15) is 9.59 Å². The summed E-state index contributed by atoms with van der Waals surface area (Å²) >= 11 is 0. The lowest BCUT2D eigenvalue weighted by Gasteiger charge is -2.18. The molecule has 32 heavy (non-hydrogen) atoms. The summed E-state index contributed by atoms with van der Waals surface area (Å²) in [6.45, 7) is 1.40. The summed E-state index contributed by atoms with van der Waals surface area (Å²) in [5, 5.41) is 2.73. The van der Waals surface area contributed by atoms with Gasteiger partial charge in [0.15, 0.2) is 0 Å². The third kappa shape index (κ3) is 5.55. The van der Waals surface area contributed by atoms with Gasteiger partial charge in [-0.15, -0.1) is 0 Å². The Morgan fingerprint density at radius 3 is 2.59 bits per heavy atom. The van der Waals surface area contributed by atoms with Crippen LogP contribution in [0.2, 0.25) is 0 Å². The molecule has 0 aliphatic carbocycles. The zero-order valence-corrected chi connectivity index (χ0v) is 17.6. The molecule has 0 radical (unpaired) electrons. The molecule has 1 aliphatic heterocycles. The number of hydrogen-bond donors (Lipinski definition) is 1. The quantitative estimate of drug-likeness (QED) is 0.614. The minimum atomic E-state index is -0.270. The lowest BCUT2D eigenvalue weighted by Crippen LogP contribution is -2.30. The third-order valence-electron chi connectivity index (χ3n) is 5.27. The average molecular weight is 425 g/mol. The van der Waals surface area contributed by atoms with Crippen molar-refractivity contribution in [2.75, 3.05) is 18.4 Å². The first-order chi connectivity index (χ1) is 15.7. The van der Waals surface area contributed by atoms with Crippen molar-refractivity contribution in [2.24, 2.45) is 0 Å². The molecular formula is C26H24N4O2. The first kappa shape index (κ1) is 21.2. The summed E-state index contributed by atoms with van der Waals surface area (Å²) in [6.07, 6.45) is 12.0. The van der Waals surface area contributed by atoms with Crippen LogP contribution in [0.15, 0.2) is 85.3 Å². The molecule has 6 heteroatoms. The Kier molecular flexibility index (Phi) is 6.82. The second-order valence-corrected chi connectivity index (χ2v) is 7.47. The van der Waals surface area contributed by atoms with Gasteiger partial charge in [0.25, 0.3) is 5.91 Å². The van der Waals surface area contributed by atoms with E-state index in [1.165, 1.54) is 17.3 Å². The molecule has 0 saturated heterocycles. The molecule has 2 aromatic heterocycles. The number of aromatic nitrogens is 2. The van der Waals surface area contributed by atoms with E-state index >= 15 is 0 Å². The monoisotopic (exact) mass is 424 g/mol. The Morgan fingerprint density at radius 1 is 0.969 bits per heavy atom. The minimum Gasteiger partial charge on any atom is -0.339 e. The van der Waals surface area contributed by atoms with Gasteiger partial charge in [-0.05, 0) is 59.9 Å². The van der Waals surface area contributed by atoms with Crippen molar-refractivity contribution in [1.29, 1.82) is 0 Å². The van der Waals surface area contributed by atoms with Crippen LogP contribution in [-0.4, -0.2) is 39.8 Å². The second kappa shape index (κ2) is 10.3. The van der Waals surface area contributed by atoms with Crippen LogP contribution in [0.3, 0.4) is 0 Å². The van der Waals surface area contributed by atoms with Gasteiger partial charge in [0, 0.05) is 37.8 Å². The molecule has 1 aromatic carbocycles. The maximum atomic E-state index is 12.7. The van der Waals surface area contributed by atoms with Gasteiger partial charge in [0.2, 0.25) is 5.91 Å². The van der Waals surface area contributed by atoms with Crippen molar-refractivity contribution >= 4 is 29.3 Å². The molecule has 160 valence electrons. The van der Waals surface area contributed by atoms with E-state index < -0.39 is 0 Å². The van der Waals surface area contributed by atoms with Crippen LogP contribution in [0.5, 0.6) is 0 Å². The minimum absolute atomic E-state index is 0.0123. The van der Waals surface area contributed by atoms with E-state index in [-0.39, 0.29) is 11.8 Å². The summed E-state index contributed by atoms with van der Waals surface area (Å²) < 4.78 is 0. The van der Waals surface area contributed by atoms with Gasteiger partial charge < -0.3 is 10.2 Å². The first-order valence-corrected chi connectivity index (χ1v) is 10.6. The Labute approximate surface area is 187 Å². The van der Waals surface area contributed by atoms with Gasteiger partial charge >= 0.3 is 0 Å². The molecule has 0 bridgehead atoms. The van der Waals surface area contributed by atoms with Crippen molar-refractivity contribution < 1.29 is 9.59 Å². The van der Waals surface area contributed by atoms with Crippen LogP contribution in [0.1, 0.15) is 34.3 Å². The maximum Gasteiger partial charge on any atom is 0.258 e. The maximum absolute atomic E-state index is 12.7. The van der Waals surface area contributed by atoms with Crippen molar-refractivity contribution in [1.82, 2.24) is 14.9 Å². The van der Waals surface area contributed by atoms with E-state index in [2.05, 4.69) is 33.5 Å². The molecule has 1 aliphatic rings. The number of rotatable bonds is 5. The highest BCUT2D eigenvalue weighted by Crippen LogP contribution is 2.22. The average Bonchev–Trinajstić information content (AvgIpc) is 3.11. The summed E-state index contributed by atoms with van der Waals surface area (Å²) in [7, 11) is 0. The molecule has 1 N–H and O–H groups in total. The van der Waals surface area contributed by atoms with Crippen LogP contribution in [-0.2, 0) is 4.79 Å². The third-order valence-corrected chi connectivity index (χ3v) is 5.27. The summed E-state index contributed by atoms with van der Waals surface area (Å²) in [5.74, 6) is 0.157. The van der Waals surface area contributed by atoms with E-state index in [0.29, 0.717) is 24.5 Å². The molecule has 0 spiro atoms. The molecular weight excluding hydrogens is 400 g/mol. The van der Waals surface area contributed by atoms with E-state index in [0.717, 1.165) is 18.4 Å². The fraction of sp³-hybridized carbons (Fsp3) is 0.154. The van der Waals surface area contributed by atoms with Gasteiger partial charge in [-0.2, -0.15) is 0 Å². The molecule has 6 nitrogen and oxygen atoms in total. The number of pyridine rings is 2. The van der Waals surface area contributed by atoms with Crippen molar-refractivity contribution in [3.8, 4) is 0 Å². The highest BCUT2D eigenvalue weighted by molar-refractivity contribution is 6.03. The molecule has 0 saturated carbocycles. The topological polar surface area (TPSA) is 75.2 Å². The normalized spacial score (nSPS) is 14.0. The predicted molar refractivity (Wildman–Crippen MR) is 126 cm³/mol. The lowest BCUT2D eigenvalue weighted by molar-refractivity contribution is -0.125. The zero-order valence-electron chi connectivity index (χ0n) is 17.6. The smallest absolute Gasteiger partial charge is 0.258 e. The van der Waals surface area contributed by atoms with Crippen LogP contribution >= 0.6 is 0 Å². The Balaban J connectivity index is 1.31. The highest BCUT2D eigenvalue weighted by Gasteiger charge is 2.15. The SMILES string of the molecule is O=C(Nc1ccc(/C=C/C(=O)N2CCC=C(c3ccccc3)CC2)cn1)c1cccnc1. The van der Waals surface area contributed by atoms with E-state index in [1.807, 2.05) is 29.2 Å². The van der Waals surface area contributed by atoms with Crippen molar-refractivity contribution in [2.45, 2.75) is 12.8 Å². The van der Waals surface area contributed by atoms with Crippen LogP contribution < -0.4 is 5.32 Å². The fourth-order valence-corrected chi connectivity index (χ4v) is 3.54. The number of nitrogens with one attached hydrogen (secondary N) is 1. The van der Waals surface area contributed by atoms with E-state index in [1.54, 1.807) is 42.7 Å². The summed E-state index contributed by atoms with van der Waals surface area (Å²) in [4.78, 5) is 34.9. The summed E-state index contributed by atoms with van der Waals surface area (Å²) in [5.41, 5.74) is 3.76. The van der Waals surface area contributed by atoms with Gasteiger partial charge in [-0.25, -0.2) is 4.98 Å². The highest BCUT2D eigenvalue weighted by atomic mass is 16.2. The first-order valence-electron chi connectivity index (χ1n) is 10.6. The Morgan fingerprint density at radius 2 is 1.84 bits per heavy atom. The number of carbonyl (C=O) groups is 2. The predicted octanol–water partition coefficient (Wildman–Crippen LogP) is 4.45. The molecule has 4 rings (SSSR count). The van der Waals surface area contributed by atoms with E-state index in [4.69, 9.17) is 0 Å². The van der Waals surface area contributed by atoms with Crippen LogP contribution in [0.25, 0.3) is 11.6 Å². The lowest BCUT2D eigenvalue weighted by atomic mass is 10.0. The number of anilines is 1. The van der Waals surface area contributed by atoms with Gasteiger partial charge in [-0.3, -0.25) is 14.6 Å². The largest absolute Gasteiger partial charge is 0.339 e. The molecule has 3 heterocycles. The fourth-order valence-electron chi connectivity index (χ4n) is 3.54. The molecule has 0 fully saturated rings. The number of hydrogen-bond acceptors (Lipinski definition) is 4. The summed E-state index contributed by atoms with van der Waals surface area (Å²) in [6, 6.07) is 17.2. The van der Waals surface area contributed by atoms with Crippen LogP contribution in [0.4, 0.5) is 5.82 Å². The van der Waals surface area contributed by atoms with Crippen molar-refractivity contribution in [3.63, 3.8) is 0 Å². The van der Waals surface area contributed by atoms with Gasteiger partial charge in [0.1, 0.15) is 5.82 Å². The number of carbonyl (C=O) groups excluding carboxylic acids is 2. The van der Waals surface area contributed by atoms with Crippen LogP contribution in [0, 0.1) is 0 Å². The molecule has 0 unspecified atom stereocenters. The number of amides is 2. The number of benzene rings is 1. The standard InChI is InChI=1S/C26H24N4O2/c31-25(30-16-5-9-22(14-17-30)21-6-2-1-3-7-21)13-11-20-10-12-24(28-18-20)29-26(32)23-8-4-15-27-19-23/h1-4,6-13,15,18-19H,5,14,16-17H2,(H,28,29,32)/b13-11+. The van der Waals surface area contributed by atoms with Gasteiger partial charge in [-0.1, -0.05) is 36.4 Å².